The van der Waals surface area contributed by atoms with Gasteiger partial charge in [-0.15, -0.1) is 0 Å². The molecule has 7 heteroatoms. The van der Waals surface area contributed by atoms with Gasteiger partial charge in [0.05, 0.1) is 23.5 Å². The standard InChI is InChI=1S/C25H24N4O3/c30-22-11-13-28(14-12-22)20-5-1-17(2-6-20)25(32)27-19-3-7-21(8-4-19)29-24-10-9-23(31)15-18(24)16-26-29/h1-10,15-16,22,30-31H,11-14H2,(H,27,32). The average Bonchev–Trinajstić information content (AvgIpc) is 3.23. The number of benzene rings is 3. The van der Waals surface area contributed by atoms with Crippen molar-refractivity contribution < 1.29 is 15.0 Å². The largest absolute Gasteiger partial charge is 0.508 e. The molecule has 1 amide bonds. The van der Waals surface area contributed by atoms with Gasteiger partial charge in [0.2, 0.25) is 0 Å². The molecule has 1 fully saturated rings. The SMILES string of the molecule is O=C(Nc1ccc(-n2ncc3cc(O)ccc32)cc1)c1ccc(N2CCC(O)CC2)cc1. The van der Waals surface area contributed by atoms with Gasteiger partial charge in [0.1, 0.15) is 5.75 Å². The summed E-state index contributed by atoms with van der Waals surface area (Å²) in [7, 11) is 0. The number of hydrogen-bond donors (Lipinski definition) is 3. The van der Waals surface area contributed by atoms with Crippen LogP contribution >= 0.6 is 0 Å². The van der Waals surface area contributed by atoms with E-state index in [9.17, 15) is 15.0 Å². The minimum Gasteiger partial charge on any atom is -0.508 e. The van der Waals surface area contributed by atoms with Gasteiger partial charge >= 0.3 is 0 Å². The Balaban J connectivity index is 1.26. The summed E-state index contributed by atoms with van der Waals surface area (Å²) in [6.45, 7) is 1.65. The number of aromatic hydroxyl groups is 1. The van der Waals surface area contributed by atoms with Crippen molar-refractivity contribution in [3.8, 4) is 11.4 Å². The molecule has 0 radical (unpaired) electrons. The third-order valence-corrected chi connectivity index (χ3v) is 5.88. The predicted molar refractivity (Wildman–Crippen MR) is 125 cm³/mol. The minimum absolute atomic E-state index is 0.168. The highest BCUT2D eigenvalue weighted by Crippen LogP contribution is 2.24. The lowest BCUT2D eigenvalue weighted by atomic mass is 10.1. The van der Waals surface area contributed by atoms with E-state index in [1.165, 1.54) is 0 Å². The van der Waals surface area contributed by atoms with Crippen LogP contribution in [0.4, 0.5) is 11.4 Å². The molecular formula is C25H24N4O3. The van der Waals surface area contributed by atoms with E-state index >= 15 is 0 Å². The Morgan fingerprint density at radius 2 is 1.62 bits per heavy atom. The molecule has 5 rings (SSSR count). The van der Waals surface area contributed by atoms with Crippen LogP contribution < -0.4 is 10.2 Å². The van der Waals surface area contributed by atoms with E-state index in [1.54, 1.807) is 23.0 Å². The van der Waals surface area contributed by atoms with Gasteiger partial charge in [-0.05, 0) is 79.6 Å². The van der Waals surface area contributed by atoms with Crippen LogP contribution in [0.2, 0.25) is 0 Å². The van der Waals surface area contributed by atoms with E-state index in [0.29, 0.717) is 11.3 Å². The maximum absolute atomic E-state index is 12.7. The second kappa shape index (κ2) is 8.36. The van der Waals surface area contributed by atoms with Gasteiger partial charge in [0, 0.05) is 35.4 Å². The molecule has 0 saturated carbocycles. The molecule has 3 aromatic carbocycles. The number of phenols is 1. The van der Waals surface area contributed by atoms with Crippen molar-refractivity contribution in [1.82, 2.24) is 9.78 Å². The zero-order valence-electron chi connectivity index (χ0n) is 17.5. The number of aliphatic hydroxyl groups is 1. The number of piperidine rings is 1. The second-order valence-corrected chi connectivity index (χ2v) is 8.07. The number of fused-ring (bicyclic) bond motifs is 1. The Labute approximate surface area is 185 Å². The van der Waals surface area contributed by atoms with Crippen molar-refractivity contribution in [2.45, 2.75) is 18.9 Å². The molecule has 0 atom stereocenters. The van der Waals surface area contributed by atoms with Crippen LogP contribution in [-0.4, -0.2) is 45.1 Å². The molecule has 1 aliphatic heterocycles. The molecule has 2 heterocycles. The van der Waals surface area contributed by atoms with Crippen LogP contribution in [0.15, 0.2) is 72.9 Å². The fraction of sp³-hybridized carbons (Fsp3) is 0.200. The Hall–Kier alpha value is -3.84. The van der Waals surface area contributed by atoms with Gasteiger partial charge in [-0.3, -0.25) is 4.79 Å². The Morgan fingerprint density at radius 1 is 0.938 bits per heavy atom. The first-order chi connectivity index (χ1) is 15.6. The Morgan fingerprint density at radius 3 is 2.34 bits per heavy atom. The van der Waals surface area contributed by atoms with Crippen LogP contribution in [0, 0.1) is 0 Å². The molecule has 0 bridgehead atoms. The molecule has 0 spiro atoms. The van der Waals surface area contributed by atoms with Gasteiger partial charge in [-0.1, -0.05) is 0 Å². The number of nitrogens with zero attached hydrogens (tertiary/aromatic N) is 3. The van der Waals surface area contributed by atoms with Crippen molar-refractivity contribution in [3.63, 3.8) is 0 Å². The van der Waals surface area contributed by atoms with Gasteiger partial charge in [0.15, 0.2) is 0 Å². The van der Waals surface area contributed by atoms with Gasteiger partial charge in [0.25, 0.3) is 5.91 Å². The molecule has 0 aliphatic carbocycles. The zero-order valence-corrected chi connectivity index (χ0v) is 17.5. The Kier molecular flexibility index (Phi) is 5.25. The summed E-state index contributed by atoms with van der Waals surface area (Å²) >= 11 is 0. The number of carbonyl (C=O) groups excluding carboxylic acids is 1. The summed E-state index contributed by atoms with van der Waals surface area (Å²) in [5.41, 5.74) is 4.11. The fourth-order valence-electron chi connectivity index (χ4n) is 4.06. The summed E-state index contributed by atoms with van der Waals surface area (Å²) in [5, 5.41) is 27.5. The number of hydrogen-bond acceptors (Lipinski definition) is 5. The molecule has 0 unspecified atom stereocenters. The average molecular weight is 428 g/mol. The number of nitrogens with one attached hydrogen (secondary N) is 1. The van der Waals surface area contributed by atoms with Crippen molar-refractivity contribution in [3.05, 3.63) is 78.5 Å². The highest BCUT2D eigenvalue weighted by molar-refractivity contribution is 6.04. The van der Waals surface area contributed by atoms with Crippen LogP contribution in [0.25, 0.3) is 16.6 Å². The smallest absolute Gasteiger partial charge is 0.255 e. The normalized spacial score (nSPS) is 14.6. The summed E-state index contributed by atoms with van der Waals surface area (Å²) < 4.78 is 1.79. The van der Waals surface area contributed by atoms with Crippen LogP contribution in [0.1, 0.15) is 23.2 Å². The van der Waals surface area contributed by atoms with Crippen molar-refractivity contribution in [2.24, 2.45) is 0 Å². The molecule has 1 saturated heterocycles. The summed E-state index contributed by atoms with van der Waals surface area (Å²) in [5.74, 6) is 0.0382. The number of aliphatic hydroxyl groups excluding tert-OH is 1. The number of amides is 1. The van der Waals surface area contributed by atoms with Gasteiger partial charge < -0.3 is 20.4 Å². The lowest BCUT2D eigenvalue weighted by molar-refractivity contribution is 0.102. The van der Waals surface area contributed by atoms with Crippen molar-refractivity contribution in [2.75, 3.05) is 23.3 Å². The predicted octanol–water partition coefficient (Wildman–Crippen LogP) is 3.94. The van der Waals surface area contributed by atoms with E-state index in [1.807, 2.05) is 54.6 Å². The van der Waals surface area contributed by atoms with E-state index in [4.69, 9.17) is 0 Å². The topological polar surface area (TPSA) is 90.6 Å². The van der Waals surface area contributed by atoms with Crippen LogP contribution in [0.3, 0.4) is 0 Å². The van der Waals surface area contributed by atoms with E-state index < -0.39 is 0 Å². The molecule has 162 valence electrons. The molecule has 3 N–H and O–H groups in total. The van der Waals surface area contributed by atoms with Crippen LogP contribution in [-0.2, 0) is 0 Å². The minimum atomic E-state index is -0.205. The lowest BCUT2D eigenvalue weighted by Gasteiger charge is -2.31. The Bertz CT molecular complexity index is 1240. The molecular weight excluding hydrogens is 404 g/mol. The highest BCUT2D eigenvalue weighted by atomic mass is 16.3. The first kappa shape index (κ1) is 20.1. The quantitative estimate of drug-likeness (QED) is 0.458. The van der Waals surface area contributed by atoms with Gasteiger partial charge in [-0.2, -0.15) is 5.10 Å². The molecule has 32 heavy (non-hydrogen) atoms. The molecule has 7 nitrogen and oxygen atoms in total. The molecule has 1 aromatic heterocycles. The number of rotatable bonds is 4. The van der Waals surface area contributed by atoms with Crippen molar-refractivity contribution >= 4 is 28.2 Å². The zero-order chi connectivity index (χ0) is 22.1. The molecule has 4 aromatic rings. The number of aromatic nitrogens is 2. The van der Waals surface area contributed by atoms with Gasteiger partial charge in [-0.25, -0.2) is 4.68 Å². The van der Waals surface area contributed by atoms with E-state index in [0.717, 1.165) is 48.2 Å². The maximum Gasteiger partial charge on any atom is 0.255 e. The number of anilines is 2. The summed E-state index contributed by atoms with van der Waals surface area (Å²) in [6.07, 6.45) is 3.05. The number of carbonyl (C=O) groups is 1. The van der Waals surface area contributed by atoms with Crippen molar-refractivity contribution in [1.29, 1.82) is 0 Å². The highest BCUT2D eigenvalue weighted by Gasteiger charge is 2.17. The van der Waals surface area contributed by atoms with Crippen LogP contribution in [0.5, 0.6) is 5.75 Å². The fourth-order valence-corrected chi connectivity index (χ4v) is 4.06. The summed E-state index contributed by atoms with van der Waals surface area (Å²) in [4.78, 5) is 14.9. The monoisotopic (exact) mass is 428 g/mol. The maximum atomic E-state index is 12.7. The third kappa shape index (κ3) is 4.02. The third-order valence-electron chi connectivity index (χ3n) is 5.88. The first-order valence-corrected chi connectivity index (χ1v) is 10.7. The van der Waals surface area contributed by atoms with E-state index in [-0.39, 0.29) is 17.8 Å². The summed E-state index contributed by atoms with van der Waals surface area (Å²) in [6, 6.07) is 20.2. The lowest BCUT2D eigenvalue weighted by Crippen LogP contribution is -2.35. The second-order valence-electron chi connectivity index (χ2n) is 8.07. The first-order valence-electron chi connectivity index (χ1n) is 10.7. The number of phenolic OH excluding ortho intramolecular Hbond substituents is 1. The molecule has 1 aliphatic rings. The van der Waals surface area contributed by atoms with E-state index in [2.05, 4.69) is 15.3 Å².